The van der Waals surface area contributed by atoms with E-state index in [1.54, 1.807) is 84.9 Å². The first-order chi connectivity index (χ1) is 23.1. The number of aromatic carboxylic acids is 2. The smallest absolute Gasteiger partial charge is 0.336 e. The van der Waals surface area contributed by atoms with Gasteiger partial charge in [0.15, 0.2) is 0 Å². The number of benzene rings is 5. The highest BCUT2D eigenvalue weighted by Gasteiger charge is 2.19. The minimum absolute atomic E-state index is 0.0000853. The predicted molar refractivity (Wildman–Crippen MR) is 182 cm³/mol. The van der Waals surface area contributed by atoms with Crippen molar-refractivity contribution in [3.8, 4) is 23.0 Å². The normalized spacial score (nSPS) is 10.3. The van der Waals surface area contributed by atoms with Crippen molar-refractivity contribution in [3.63, 3.8) is 0 Å². The van der Waals surface area contributed by atoms with E-state index in [1.165, 1.54) is 36.4 Å². The van der Waals surface area contributed by atoms with Gasteiger partial charge in [-0.25, -0.2) is 9.59 Å². The Labute approximate surface area is 275 Å². The number of carboxylic acid groups (broad SMARTS) is 2. The van der Waals surface area contributed by atoms with Crippen LogP contribution in [0.4, 0.5) is 11.4 Å². The van der Waals surface area contributed by atoms with Crippen LogP contribution in [0.25, 0.3) is 12.2 Å². The lowest BCUT2D eigenvalue weighted by Gasteiger charge is -2.12. The van der Waals surface area contributed by atoms with Gasteiger partial charge in [-0.1, -0.05) is 55.6 Å². The van der Waals surface area contributed by atoms with Crippen molar-refractivity contribution < 1.29 is 38.9 Å². The van der Waals surface area contributed by atoms with E-state index in [9.17, 15) is 29.4 Å². The summed E-state index contributed by atoms with van der Waals surface area (Å²) in [6, 6.07) is 28.9. The molecule has 0 atom stereocenters. The Hall–Kier alpha value is -6.94. The summed E-state index contributed by atoms with van der Waals surface area (Å²) in [5.74, 6) is -2.00. The second kappa shape index (κ2) is 14.4. The Morgan fingerprint density at radius 3 is 1.25 bits per heavy atom. The first kappa shape index (κ1) is 32.5. The van der Waals surface area contributed by atoms with Gasteiger partial charge in [-0.15, -0.1) is 0 Å². The van der Waals surface area contributed by atoms with Gasteiger partial charge < -0.3 is 30.3 Å². The van der Waals surface area contributed by atoms with Gasteiger partial charge in [0.1, 0.15) is 23.0 Å². The van der Waals surface area contributed by atoms with Gasteiger partial charge in [-0.2, -0.15) is 0 Å². The van der Waals surface area contributed by atoms with E-state index in [2.05, 4.69) is 23.8 Å². The van der Waals surface area contributed by atoms with Gasteiger partial charge in [-0.05, 0) is 71.8 Å². The second-order valence-corrected chi connectivity index (χ2v) is 10.3. The zero-order valence-corrected chi connectivity index (χ0v) is 25.3. The average molecular weight is 641 g/mol. The van der Waals surface area contributed by atoms with E-state index in [0.717, 1.165) is 0 Å². The molecule has 5 aromatic rings. The number of rotatable bonds is 12. The van der Waals surface area contributed by atoms with Crippen LogP contribution in [-0.4, -0.2) is 34.0 Å². The van der Waals surface area contributed by atoms with Gasteiger partial charge in [-0.3, -0.25) is 9.59 Å². The molecule has 238 valence electrons. The number of nitrogens with one attached hydrogen (secondary N) is 2. The zero-order chi connectivity index (χ0) is 34.2. The summed E-state index contributed by atoms with van der Waals surface area (Å²) in [6.45, 7) is 7.26. The minimum Gasteiger partial charge on any atom is -0.478 e. The molecule has 2 amide bonds. The van der Waals surface area contributed by atoms with Crippen LogP contribution in [0.3, 0.4) is 0 Å². The third-order valence-corrected chi connectivity index (χ3v) is 6.97. The summed E-state index contributed by atoms with van der Waals surface area (Å²) in [7, 11) is 0. The molecule has 0 spiro atoms. The quantitative estimate of drug-likeness (QED) is 0.106. The third-order valence-electron chi connectivity index (χ3n) is 6.97. The highest BCUT2D eigenvalue weighted by Crippen LogP contribution is 2.31. The summed E-state index contributed by atoms with van der Waals surface area (Å²) < 4.78 is 12.0. The zero-order valence-electron chi connectivity index (χ0n) is 25.3. The SMILES string of the molecule is C=Cc1ccc(C(=O)Nc2cccc(Oc3cccc(Oc4cccc(NC(=O)c5ccc(C=C)cc5C(=O)O)c4)c3)c2)c(C(=O)O)c1. The van der Waals surface area contributed by atoms with Crippen molar-refractivity contribution in [3.05, 3.63) is 156 Å². The van der Waals surface area contributed by atoms with E-state index in [4.69, 9.17) is 9.47 Å². The highest BCUT2D eigenvalue weighted by molar-refractivity contribution is 6.12. The van der Waals surface area contributed by atoms with Crippen LogP contribution in [0.15, 0.2) is 122 Å². The Morgan fingerprint density at radius 2 is 0.875 bits per heavy atom. The molecule has 0 aliphatic rings. The molecule has 10 nitrogen and oxygen atoms in total. The Morgan fingerprint density at radius 1 is 0.500 bits per heavy atom. The third kappa shape index (κ3) is 7.82. The maximum absolute atomic E-state index is 12.9. The molecule has 0 aliphatic heterocycles. The number of amides is 2. The lowest BCUT2D eigenvalue weighted by molar-refractivity contribution is 0.0683. The molecular formula is C38H28N2O8. The van der Waals surface area contributed by atoms with Crippen molar-refractivity contribution >= 4 is 47.3 Å². The first-order valence-electron chi connectivity index (χ1n) is 14.4. The van der Waals surface area contributed by atoms with E-state index >= 15 is 0 Å². The number of hydrogen-bond donors (Lipinski definition) is 4. The second-order valence-electron chi connectivity index (χ2n) is 10.3. The molecule has 0 radical (unpaired) electrons. The molecule has 0 bridgehead atoms. The van der Waals surface area contributed by atoms with Crippen LogP contribution < -0.4 is 20.1 Å². The summed E-state index contributed by atoms with van der Waals surface area (Å²) in [6.07, 6.45) is 2.99. The fraction of sp³-hybridized carbons (Fsp3) is 0. The highest BCUT2D eigenvalue weighted by atomic mass is 16.5. The monoisotopic (exact) mass is 640 g/mol. The van der Waals surface area contributed by atoms with E-state index < -0.39 is 23.8 Å². The molecule has 5 rings (SSSR count). The average Bonchev–Trinajstić information content (AvgIpc) is 3.08. The molecule has 10 heteroatoms. The van der Waals surface area contributed by atoms with Gasteiger partial charge in [0.05, 0.1) is 22.3 Å². The maximum atomic E-state index is 12.9. The van der Waals surface area contributed by atoms with Crippen LogP contribution >= 0.6 is 0 Å². The van der Waals surface area contributed by atoms with Crippen molar-refractivity contribution in [1.82, 2.24) is 0 Å². The lowest BCUT2D eigenvalue weighted by Crippen LogP contribution is -2.16. The standard InChI is InChI=1S/C38H28N2O8/c1-3-23-14-16-31(33(18-23)37(43)44)35(41)39-25-8-5-10-27(20-25)47-29-12-7-13-30(22-29)48-28-11-6-9-26(21-28)40-36(42)32-17-15-24(4-2)19-34(32)38(45)46/h3-22H,1-2H2,(H,39,41)(H,40,42)(H,43,44)(H,45,46). The number of ether oxygens (including phenoxy) is 2. The number of carboxylic acids is 2. The van der Waals surface area contributed by atoms with E-state index in [-0.39, 0.29) is 22.3 Å². The molecule has 0 heterocycles. The van der Waals surface area contributed by atoms with Crippen LogP contribution in [-0.2, 0) is 0 Å². The Kier molecular flexibility index (Phi) is 9.76. The summed E-state index contributed by atoms with van der Waals surface area (Å²) in [5, 5.41) is 24.6. The molecule has 0 aromatic heterocycles. The topological polar surface area (TPSA) is 151 Å². The fourth-order valence-electron chi connectivity index (χ4n) is 4.67. The number of anilines is 2. The molecular weight excluding hydrogens is 612 g/mol. The van der Waals surface area contributed by atoms with Crippen molar-refractivity contribution in [2.75, 3.05) is 10.6 Å². The predicted octanol–water partition coefficient (Wildman–Crippen LogP) is 8.46. The van der Waals surface area contributed by atoms with Crippen LogP contribution in [0.1, 0.15) is 52.6 Å². The molecule has 0 saturated heterocycles. The molecule has 4 N–H and O–H groups in total. The molecule has 5 aromatic carbocycles. The van der Waals surface area contributed by atoms with Gasteiger partial charge in [0.2, 0.25) is 0 Å². The van der Waals surface area contributed by atoms with Crippen molar-refractivity contribution in [1.29, 1.82) is 0 Å². The minimum atomic E-state index is -1.23. The van der Waals surface area contributed by atoms with Crippen molar-refractivity contribution in [2.24, 2.45) is 0 Å². The molecule has 0 fully saturated rings. The maximum Gasteiger partial charge on any atom is 0.336 e. The van der Waals surface area contributed by atoms with E-state index in [0.29, 0.717) is 45.5 Å². The van der Waals surface area contributed by atoms with Crippen LogP contribution in [0, 0.1) is 0 Å². The van der Waals surface area contributed by atoms with Crippen molar-refractivity contribution in [2.45, 2.75) is 0 Å². The first-order valence-corrected chi connectivity index (χ1v) is 14.4. The fourth-order valence-corrected chi connectivity index (χ4v) is 4.67. The van der Waals surface area contributed by atoms with Gasteiger partial charge in [0, 0.05) is 29.6 Å². The summed E-state index contributed by atoms with van der Waals surface area (Å²) >= 11 is 0. The largest absolute Gasteiger partial charge is 0.478 e. The Balaban J connectivity index is 1.26. The van der Waals surface area contributed by atoms with Gasteiger partial charge in [0.25, 0.3) is 11.8 Å². The molecule has 0 aliphatic carbocycles. The molecule has 48 heavy (non-hydrogen) atoms. The van der Waals surface area contributed by atoms with Gasteiger partial charge >= 0.3 is 11.9 Å². The van der Waals surface area contributed by atoms with E-state index in [1.807, 2.05) is 0 Å². The lowest BCUT2D eigenvalue weighted by atomic mass is 10.0. The molecule has 0 unspecified atom stereocenters. The number of hydrogen-bond acceptors (Lipinski definition) is 6. The molecule has 0 saturated carbocycles. The number of carbonyl (C=O) groups excluding carboxylic acids is 2. The van der Waals surface area contributed by atoms with Crippen LogP contribution in [0.2, 0.25) is 0 Å². The summed E-state index contributed by atoms with van der Waals surface area (Å²) in [4.78, 5) is 49.3. The van der Waals surface area contributed by atoms with Crippen LogP contribution in [0.5, 0.6) is 23.0 Å². The Bertz CT molecular complexity index is 1940. The number of carbonyl (C=O) groups is 4. The summed E-state index contributed by atoms with van der Waals surface area (Å²) in [5.41, 5.74) is 1.64.